The molecule has 2 saturated heterocycles. The Balaban J connectivity index is 1.29. The molecule has 318 valence electrons. The summed E-state index contributed by atoms with van der Waals surface area (Å²) >= 11 is 18.8. The number of imide groups is 2. The van der Waals surface area contributed by atoms with Gasteiger partial charge in [0.1, 0.15) is 5.69 Å². The van der Waals surface area contributed by atoms with Crippen molar-refractivity contribution in [1.29, 1.82) is 0 Å². The molecule has 2 aromatic carbocycles. The number of alkyl halides is 6. The number of para-hydroxylation sites is 1. The number of hydrogen-bond donors (Lipinski definition) is 2. The highest BCUT2D eigenvalue weighted by molar-refractivity contribution is 6.33. The number of aromatic hydroxyl groups is 1. The van der Waals surface area contributed by atoms with Crippen molar-refractivity contribution in [3.05, 3.63) is 116 Å². The number of anilines is 2. The molecule has 4 aromatic rings. The van der Waals surface area contributed by atoms with Crippen molar-refractivity contribution in [3.63, 3.8) is 0 Å². The van der Waals surface area contributed by atoms with E-state index in [0.29, 0.717) is 33.9 Å². The van der Waals surface area contributed by atoms with Gasteiger partial charge in [0.25, 0.3) is 23.6 Å². The predicted octanol–water partition coefficient (Wildman–Crippen LogP) is 8.22. The predicted molar refractivity (Wildman–Crippen MR) is 206 cm³/mol. The van der Waals surface area contributed by atoms with Crippen LogP contribution in [0.2, 0.25) is 15.1 Å². The number of hydrazine groups is 2. The molecule has 0 unspecified atom stereocenters. The van der Waals surface area contributed by atoms with Gasteiger partial charge in [0.2, 0.25) is 0 Å². The molecule has 4 aliphatic rings. The number of nitrogens with zero attached hydrogens (tertiary/aromatic N) is 5. The van der Waals surface area contributed by atoms with Crippen LogP contribution in [0, 0.1) is 23.7 Å². The van der Waals surface area contributed by atoms with Gasteiger partial charge in [-0.25, -0.2) is 9.97 Å². The minimum Gasteiger partial charge on any atom is -0.504 e. The number of halogens is 9. The SMILES string of the molecule is COc1cccc([C@H]2C3=CC[C@@H]4C(=O)N(N(C)c5nc(C(F)(F)F)ccc5Cl)C(=O)[C@@H]4[C@@H]3C[C@H]3C(=O)N(Nc4ncc(C(F)(F)F)cc4Cl)C(=O)[C@@]23c2ccc(Cl)cc2)c1O. The second kappa shape index (κ2) is 14.8. The lowest BCUT2D eigenvalue weighted by molar-refractivity contribution is -0.142. The van der Waals surface area contributed by atoms with Gasteiger partial charge in [-0.1, -0.05) is 70.7 Å². The number of aromatic nitrogens is 2. The lowest BCUT2D eigenvalue weighted by atomic mass is 9.49. The fourth-order valence-corrected chi connectivity index (χ4v) is 9.82. The molecule has 0 spiro atoms. The quantitative estimate of drug-likeness (QED) is 0.106. The zero-order chi connectivity index (χ0) is 44.1. The minimum atomic E-state index is -4.90. The van der Waals surface area contributed by atoms with Crippen LogP contribution < -0.4 is 15.2 Å². The number of allylic oxidation sites excluding steroid dienone is 2. The van der Waals surface area contributed by atoms with Crippen molar-refractivity contribution in [2.24, 2.45) is 23.7 Å². The third-order valence-electron chi connectivity index (χ3n) is 11.8. The molecule has 2 N–H and O–H groups in total. The van der Waals surface area contributed by atoms with E-state index in [9.17, 15) is 45.8 Å². The molecule has 0 radical (unpaired) electrons. The van der Waals surface area contributed by atoms with Gasteiger partial charge in [0, 0.05) is 29.7 Å². The summed E-state index contributed by atoms with van der Waals surface area (Å²) in [5.74, 6) is -11.1. The highest BCUT2D eigenvalue weighted by atomic mass is 35.5. The Kier molecular flexibility index (Phi) is 10.2. The van der Waals surface area contributed by atoms with Gasteiger partial charge in [-0.2, -0.15) is 36.4 Å². The maximum absolute atomic E-state index is 15.4. The highest BCUT2D eigenvalue weighted by Crippen LogP contribution is 2.65. The molecular formula is C40H29Cl3F6N6O6. The van der Waals surface area contributed by atoms with E-state index in [1.807, 2.05) is 0 Å². The summed E-state index contributed by atoms with van der Waals surface area (Å²) in [6, 6.07) is 12.6. The zero-order valence-corrected chi connectivity index (χ0v) is 33.6. The lowest BCUT2D eigenvalue weighted by Crippen LogP contribution is -2.53. The minimum absolute atomic E-state index is 0.0189. The van der Waals surface area contributed by atoms with E-state index < -0.39 is 105 Å². The molecule has 4 amide bonds. The third kappa shape index (κ3) is 6.52. The number of carbonyl (C=O) groups excluding carboxylic acids is 4. The Bertz CT molecular complexity index is 2560. The number of pyridine rings is 2. The smallest absolute Gasteiger partial charge is 0.433 e. The number of amides is 4. The van der Waals surface area contributed by atoms with E-state index in [-0.39, 0.29) is 39.8 Å². The number of rotatable bonds is 7. The first-order valence-electron chi connectivity index (χ1n) is 18.3. The van der Waals surface area contributed by atoms with E-state index in [0.717, 1.165) is 18.1 Å². The standard InChI is InChI=1S/C40H29Cl3F6N6O6/c1-53(33-25(42)12-13-28(51-33)40(47,48)49)55-34(57)21-11-10-20-23(29(21)36(55)59)15-24-35(58)54(52-32-26(43)14-18(16-50-32)39(44,45)46)37(60)38(24,17-6-8-19(41)9-7-17)30(20)22-4-3-5-27(61-2)31(22)56/h3-10,12-14,16,21,23-24,29-30,56H,11,15H2,1-2H3,(H,50,52)/t21-,23+,24-,29-,30+,38+/m0/s1. The first kappa shape index (κ1) is 42.1. The first-order chi connectivity index (χ1) is 28.7. The monoisotopic (exact) mass is 908 g/mol. The fourth-order valence-electron chi connectivity index (χ4n) is 9.25. The molecule has 1 saturated carbocycles. The molecule has 12 nitrogen and oxygen atoms in total. The van der Waals surface area contributed by atoms with Crippen LogP contribution in [0.1, 0.15) is 41.1 Å². The Morgan fingerprint density at radius 3 is 2.25 bits per heavy atom. The Morgan fingerprint density at radius 1 is 0.902 bits per heavy atom. The van der Waals surface area contributed by atoms with Crippen LogP contribution in [0.4, 0.5) is 38.0 Å². The van der Waals surface area contributed by atoms with Crippen LogP contribution >= 0.6 is 34.8 Å². The van der Waals surface area contributed by atoms with Gasteiger partial charge < -0.3 is 9.84 Å². The first-order valence-corrected chi connectivity index (χ1v) is 19.4. The van der Waals surface area contributed by atoms with Gasteiger partial charge in [0.15, 0.2) is 23.1 Å². The van der Waals surface area contributed by atoms with Crippen LogP contribution in [0.25, 0.3) is 0 Å². The van der Waals surface area contributed by atoms with E-state index in [2.05, 4.69) is 15.4 Å². The zero-order valence-electron chi connectivity index (χ0n) is 31.4. The molecule has 2 aliphatic carbocycles. The number of benzene rings is 2. The second-order valence-electron chi connectivity index (χ2n) is 14.8. The molecule has 21 heteroatoms. The summed E-state index contributed by atoms with van der Waals surface area (Å²) in [5, 5.41) is 13.3. The number of carbonyl (C=O) groups is 4. The molecule has 2 aromatic heterocycles. The Hall–Kier alpha value is -5.59. The molecular weight excluding hydrogens is 881 g/mol. The topological polar surface area (TPSA) is 145 Å². The van der Waals surface area contributed by atoms with Crippen LogP contribution in [0.15, 0.2) is 78.5 Å². The summed E-state index contributed by atoms with van der Waals surface area (Å²) in [6.45, 7) is 0. The average Bonchev–Trinajstić information content (AvgIpc) is 3.58. The molecule has 3 fully saturated rings. The van der Waals surface area contributed by atoms with Crippen molar-refractivity contribution in [3.8, 4) is 11.5 Å². The van der Waals surface area contributed by atoms with Gasteiger partial charge in [-0.15, -0.1) is 0 Å². The van der Waals surface area contributed by atoms with Crippen LogP contribution in [0.3, 0.4) is 0 Å². The summed E-state index contributed by atoms with van der Waals surface area (Å²) in [4.78, 5) is 66.5. The van der Waals surface area contributed by atoms with Crippen molar-refractivity contribution in [2.75, 3.05) is 24.6 Å². The molecule has 8 rings (SSSR count). The Labute approximate surface area is 356 Å². The number of fused-ring (bicyclic) bond motifs is 4. The number of nitrogens with one attached hydrogen (secondary N) is 1. The maximum Gasteiger partial charge on any atom is 0.433 e. The van der Waals surface area contributed by atoms with Crippen LogP contribution in [-0.2, 0) is 36.9 Å². The molecule has 4 heterocycles. The molecule has 2 aliphatic heterocycles. The van der Waals surface area contributed by atoms with E-state index in [1.165, 1.54) is 49.6 Å². The van der Waals surface area contributed by atoms with Crippen molar-refractivity contribution in [1.82, 2.24) is 20.0 Å². The summed E-state index contributed by atoms with van der Waals surface area (Å²) in [7, 11) is 2.45. The van der Waals surface area contributed by atoms with Crippen LogP contribution in [0.5, 0.6) is 11.5 Å². The normalized spacial score (nSPS) is 25.0. The lowest BCUT2D eigenvalue weighted by Gasteiger charge is -2.50. The van der Waals surface area contributed by atoms with Gasteiger partial charge in [0.05, 0.1) is 45.9 Å². The molecule has 0 bridgehead atoms. The second-order valence-corrected chi connectivity index (χ2v) is 16.1. The van der Waals surface area contributed by atoms with Crippen molar-refractivity contribution >= 4 is 70.1 Å². The molecule has 61 heavy (non-hydrogen) atoms. The summed E-state index contributed by atoms with van der Waals surface area (Å²) < 4.78 is 87.2. The average molecular weight is 910 g/mol. The van der Waals surface area contributed by atoms with Crippen molar-refractivity contribution < 1.29 is 55.4 Å². The van der Waals surface area contributed by atoms with Crippen molar-refractivity contribution in [2.45, 2.75) is 36.5 Å². The summed E-state index contributed by atoms with van der Waals surface area (Å²) in [5.41, 5.74) is -1.33. The van der Waals surface area contributed by atoms with E-state index >= 15 is 4.79 Å². The highest BCUT2D eigenvalue weighted by Gasteiger charge is 2.71. The van der Waals surface area contributed by atoms with Gasteiger partial charge >= 0.3 is 12.4 Å². The maximum atomic E-state index is 15.4. The largest absolute Gasteiger partial charge is 0.504 e. The number of hydrogen-bond acceptors (Lipinski definition) is 10. The van der Waals surface area contributed by atoms with Gasteiger partial charge in [-0.05, 0) is 60.7 Å². The number of methoxy groups -OCH3 is 1. The number of phenolic OH excluding ortho intramolecular Hbond substituents is 1. The van der Waals surface area contributed by atoms with E-state index in [1.54, 1.807) is 6.08 Å². The fraction of sp³-hybridized carbons (Fsp3) is 0.300. The van der Waals surface area contributed by atoms with Gasteiger partial charge in [-0.3, -0.25) is 29.6 Å². The third-order valence-corrected chi connectivity index (χ3v) is 12.7. The Morgan fingerprint density at radius 2 is 1.61 bits per heavy atom. The summed E-state index contributed by atoms with van der Waals surface area (Å²) in [6.07, 6.45) is -8.01. The van der Waals surface area contributed by atoms with E-state index in [4.69, 9.17) is 39.5 Å². The number of ether oxygens (including phenoxy) is 1. The van der Waals surface area contributed by atoms with Crippen LogP contribution in [-0.4, -0.2) is 62.9 Å². The molecule has 6 atom stereocenters. The number of phenols is 1.